The number of carbonyl (C=O) groups is 4. The molecule has 0 fully saturated rings. The molecule has 0 bridgehead atoms. The van der Waals surface area contributed by atoms with Gasteiger partial charge in [0.1, 0.15) is 0 Å². The van der Waals surface area contributed by atoms with Crippen LogP contribution >= 0.6 is 0 Å². The molecule has 0 aliphatic heterocycles. The van der Waals surface area contributed by atoms with Crippen molar-refractivity contribution in [2.75, 3.05) is 0 Å². The van der Waals surface area contributed by atoms with Gasteiger partial charge in [-0.1, -0.05) is 0 Å². The normalized spacial score (nSPS) is 8.42. The van der Waals surface area contributed by atoms with Crippen LogP contribution in [0.15, 0.2) is 0 Å². The number of carbonyl (C=O) groups excluding carboxylic acids is 4. The predicted molar refractivity (Wildman–Crippen MR) is 47.7 cm³/mol. The van der Waals surface area contributed by atoms with Gasteiger partial charge in [-0.2, -0.15) is 0 Å². The second kappa shape index (κ2) is 14.5. The van der Waals surface area contributed by atoms with Crippen molar-refractivity contribution in [2.45, 2.75) is 38.5 Å². The number of hydrogen-bond acceptors (Lipinski definition) is 8. The van der Waals surface area contributed by atoms with Crippen LogP contribution in [-0.4, -0.2) is 23.9 Å². The van der Waals surface area contributed by atoms with Crippen LogP contribution in [0.2, 0.25) is 0 Å². The third kappa shape index (κ3) is 31.4. The van der Waals surface area contributed by atoms with Gasteiger partial charge in [0.2, 0.25) is 0 Å². The van der Waals surface area contributed by atoms with Crippen molar-refractivity contribution in [3.05, 3.63) is 0 Å². The van der Waals surface area contributed by atoms with E-state index in [9.17, 15) is 39.6 Å². The summed E-state index contributed by atoms with van der Waals surface area (Å²) in [5.74, 6) is -5.01. The number of unbranched alkanes of at least 4 members (excludes halogenated alkanes) is 1. The molecule has 0 aliphatic carbocycles. The Bertz CT molecular complexity index is 272. The van der Waals surface area contributed by atoms with E-state index < -0.39 is 36.7 Å². The van der Waals surface area contributed by atoms with Crippen LogP contribution in [0.4, 0.5) is 0 Å². The van der Waals surface area contributed by atoms with Crippen LogP contribution in [0.1, 0.15) is 38.5 Å². The molecule has 0 saturated carbocycles. The van der Waals surface area contributed by atoms with Crippen molar-refractivity contribution in [2.24, 2.45) is 0 Å². The molecule has 9 heteroatoms. The molecule has 19 heavy (non-hydrogen) atoms. The molecular formula is C10H12CuO8. The van der Waals surface area contributed by atoms with E-state index in [1.165, 1.54) is 0 Å². The third-order valence-corrected chi connectivity index (χ3v) is 1.55. The quantitative estimate of drug-likeness (QED) is 0.318. The van der Waals surface area contributed by atoms with E-state index in [0.29, 0.717) is 12.8 Å². The number of hydrogen-bond donors (Lipinski definition) is 0. The first-order valence-electron chi connectivity index (χ1n) is 5.05. The Balaban J connectivity index is -0.000000262. The Kier molecular flexibility index (Phi) is 17.2. The summed E-state index contributed by atoms with van der Waals surface area (Å²) in [7, 11) is 0. The Labute approximate surface area is 119 Å². The summed E-state index contributed by atoms with van der Waals surface area (Å²) < 4.78 is 0. The molecule has 111 valence electrons. The van der Waals surface area contributed by atoms with E-state index in [-0.39, 0.29) is 29.9 Å². The van der Waals surface area contributed by atoms with Crippen LogP contribution in [0.5, 0.6) is 0 Å². The van der Waals surface area contributed by atoms with Crippen molar-refractivity contribution in [3.8, 4) is 0 Å². The SMILES string of the molecule is O=C([O-])CCC(=O)[O-].O=C([O-])CCCCC(=O)[O-].[Cu+4]. The summed E-state index contributed by atoms with van der Waals surface area (Å²) >= 11 is 0. The van der Waals surface area contributed by atoms with E-state index in [2.05, 4.69) is 0 Å². The molecule has 0 saturated heterocycles. The smallest absolute Gasteiger partial charge is 0.550 e. The second-order valence-electron chi connectivity index (χ2n) is 3.20. The van der Waals surface area contributed by atoms with Crippen molar-refractivity contribution in [1.29, 1.82) is 0 Å². The van der Waals surface area contributed by atoms with Gasteiger partial charge in [0, 0.05) is 23.9 Å². The van der Waals surface area contributed by atoms with Crippen LogP contribution in [0.25, 0.3) is 0 Å². The molecule has 0 aromatic rings. The van der Waals surface area contributed by atoms with Gasteiger partial charge in [-0.15, -0.1) is 0 Å². The summed E-state index contributed by atoms with van der Waals surface area (Å²) in [6.07, 6.45) is -0.405. The summed E-state index contributed by atoms with van der Waals surface area (Å²) in [4.78, 5) is 38.5. The summed E-state index contributed by atoms with van der Waals surface area (Å²) in [6, 6.07) is 0. The van der Waals surface area contributed by atoms with E-state index in [0.717, 1.165) is 0 Å². The first kappa shape index (κ1) is 22.6. The van der Waals surface area contributed by atoms with E-state index >= 15 is 0 Å². The van der Waals surface area contributed by atoms with Gasteiger partial charge in [0.25, 0.3) is 0 Å². The molecule has 0 unspecified atom stereocenters. The minimum absolute atomic E-state index is 0. The monoisotopic (exact) mass is 323 g/mol. The minimum atomic E-state index is -1.37. The van der Waals surface area contributed by atoms with Crippen molar-refractivity contribution in [1.82, 2.24) is 0 Å². The maximum Gasteiger partial charge on any atom is 4.00 e. The summed E-state index contributed by atoms with van der Waals surface area (Å²) in [5.41, 5.74) is 0. The zero-order chi connectivity index (χ0) is 14.6. The van der Waals surface area contributed by atoms with Gasteiger partial charge in [-0.25, -0.2) is 0 Å². The number of carboxylic acids is 4. The van der Waals surface area contributed by atoms with Crippen LogP contribution in [-0.2, 0) is 36.2 Å². The Hall–Kier alpha value is -1.60. The average molecular weight is 324 g/mol. The fourth-order valence-electron chi connectivity index (χ4n) is 0.743. The molecule has 0 N–H and O–H groups in total. The molecule has 8 nitrogen and oxygen atoms in total. The fraction of sp³-hybridized carbons (Fsp3) is 0.600. The molecule has 0 aromatic heterocycles. The van der Waals surface area contributed by atoms with Gasteiger partial charge in [-0.3, -0.25) is 0 Å². The standard InChI is InChI=1S/C6H10O4.C4H6O4.Cu/c7-5(8)3-1-2-4-6(9)10;5-3(6)1-2-4(7)8;/h1-4H2,(H,7,8)(H,9,10);1-2H2,(H,5,6)(H,7,8);/q;;+4/p-4. The Morgan fingerprint density at radius 3 is 0.895 bits per heavy atom. The molecule has 0 aromatic carbocycles. The first-order chi connectivity index (χ1) is 8.25. The van der Waals surface area contributed by atoms with Crippen LogP contribution in [0, 0.1) is 0 Å². The van der Waals surface area contributed by atoms with Crippen LogP contribution < -0.4 is 20.4 Å². The molecule has 0 heterocycles. The number of aliphatic carboxylic acids is 4. The summed E-state index contributed by atoms with van der Waals surface area (Å²) in [5, 5.41) is 38.5. The van der Waals surface area contributed by atoms with Gasteiger partial charge in [-0.05, 0) is 38.5 Å². The topological polar surface area (TPSA) is 161 Å². The van der Waals surface area contributed by atoms with Crippen molar-refractivity contribution >= 4 is 23.9 Å². The van der Waals surface area contributed by atoms with E-state index in [1.807, 2.05) is 0 Å². The zero-order valence-electron chi connectivity index (χ0n) is 9.81. The molecule has 1 radical (unpaired) electrons. The molecular weight excluding hydrogens is 312 g/mol. The van der Waals surface area contributed by atoms with Crippen molar-refractivity contribution < 1.29 is 56.7 Å². The summed E-state index contributed by atoms with van der Waals surface area (Å²) in [6.45, 7) is 0. The maximum atomic E-state index is 9.77. The predicted octanol–water partition coefficient (Wildman–Crippen LogP) is -4.69. The number of rotatable bonds is 8. The maximum absolute atomic E-state index is 9.77. The third-order valence-electron chi connectivity index (χ3n) is 1.55. The van der Waals surface area contributed by atoms with Gasteiger partial charge in [0.15, 0.2) is 0 Å². The molecule has 0 atom stereocenters. The molecule has 0 spiro atoms. The largest absolute Gasteiger partial charge is 4.00 e. The Morgan fingerprint density at radius 2 is 0.737 bits per heavy atom. The van der Waals surface area contributed by atoms with Gasteiger partial charge < -0.3 is 39.6 Å². The Morgan fingerprint density at radius 1 is 0.526 bits per heavy atom. The van der Waals surface area contributed by atoms with Gasteiger partial charge >= 0.3 is 17.1 Å². The minimum Gasteiger partial charge on any atom is -0.550 e. The fourth-order valence-corrected chi connectivity index (χ4v) is 0.743. The van der Waals surface area contributed by atoms with E-state index in [1.54, 1.807) is 0 Å². The van der Waals surface area contributed by atoms with Crippen molar-refractivity contribution in [3.63, 3.8) is 0 Å². The zero-order valence-corrected chi connectivity index (χ0v) is 10.8. The molecule has 0 rings (SSSR count). The average Bonchev–Trinajstić information content (AvgIpc) is 2.22. The van der Waals surface area contributed by atoms with Crippen LogP contribution in [0.3, 0.4) is 0 Å². The van der Waals surface area contributed by atoms with Gasteiger partial charge in [0.05, 0.1) is 0 Å². The number of carboxylic acid groups (broad SMARTS) is 4. The second-order valence-corrected chi connectivity index (χ2v) is 3.20. The molecule has 0 amide bonds. The molecule has 0 aliphatic rings. The first-order valence-corrected chi connectivity index (χ1v) is 5.05. The van der Waals surface area contributed by atoms with E-state index in [4.69, 9.17) is 0 Å².